The number of benzene rings is 3. The van der Waals surface area contributed by atoms with Crippen molar-refractivity contribution in [3.8, 4) is 0 Å². The zero-order valence-corrected chi connectivity index (χ0v) is 20.4. The molecule has 1 aliphatic rings. The van der Waals surface area contributed by atoms with Gasteiger partial charge in [0.25, 0.3) is 0 Å². The van der Waals surface area contributed by atoms with Gasteiger partial charge in [-0.3, -0.25) is 9.59 Å². The maximum atomic E-state index is 14.0. The Morgan fingerprint density at radius 2 is 1.44 bits per heavy atom. The fourth-order valence-electron chi connectivity index (χ4n) is 4.89. The molecule has 0 saturated carbocycles. The first-order valence-corrected chi connectivity index (χ1v) is 11.8. The second-order valence-electron chi connectivity index (χ2n) is 10.1. The summed E-state index contributed by atoms with van der Waals surface area (Å²) in [4.78, 5) is 29.5. The van der Waals surface area contributed by atoms with E-state index < -0.39 is 28.7 Å². The Morgan fingerprint density at radius 3 is 1.97 bits per heavy atom. The lowest BCUT2D eigenvalue weighted by molar-refractivity contribution is -0.177. The molecule has 6 heteroatoms. The molecule has 0 radical (unpaired) electrons. The van der Waals surface area contributed by atoms with Gasteiger partial charge in [0.1, 0.15) is 5.41 Å². The highest BCUT2D eigenvalue weighted by atomic mass is 19.4. The highest BCUT2D eigenvalue weighted by Crippen LogP contribution is 2.57. The van der Waals surface area contributed by atoms with Crippen molar-refractivity contribution in [2.24, 2.45) is 5.41 Å². The fourth-order valence-corrected chi connectivity index (χ4v) is 4.89. The summed E-state index contributed by atoms with van der Waals surface area (Å²) in [6.45, 7) is 5.58. The van der Waals surface area contributed by atoms with Gasteiger partial charge in [-0.2, -0.15) is 13.2 Å². The Kier molecular flexibility index (Phi) is 6.65. The van der Waals surface area contributed by atoms with Gasteiger partial charge >= 0.3 is 6.18 Å². The third kappa shape index (κ3) is 4.60. The van der Waals surface area contributed by atoms with E-state index in [0.717, 1.165) is 17.7 Å². The standard InChI is InChI=1S/C30H28F3NO2/c1-28(2,3)34-25(22-16-18-24(19-17-22)30(31,32)33)29(27(34)36,26(35)23-14-8-5-9-15-23)20-10-13-21-11-6-4-7-12-21/h4-19,25H,20H2,1-3H3/b13-10+/t25-,29-/m0/s1. The number of hydrogen-bond donors (Lipinski definition) is 0. The van der Waals surface area contributed by atoms with E-state index in [-0.39, 0.29) is 18.1 Å². The predicted molar refractivity (Wildman–Crippen MR) is 134 cm³/mol. The molecule has 2 atom stereocenters. The Labute approximate surface area is 209 Å². The molecule has 0 aliphatic carbocycles. The zero-order valence-electron chi connectivity index (χ0n) is 20.4. The number of hydrogen-bond acceptors (Lipinski definition) is 2. The number of alkyl halides is 3. The second-order valence-corrected chi connectivity index (χ2v) is 10.1. The van der Waals surface area contributed by atoms with Crippen LogP contribution in [0, 0.1) is 5.41 Å². The molecule has 0 unspecified atom stereocenters. The number of Topliss-reactive ketones (excluding diaryl/α,β-unsaturated/α-hetero) is 1. The van der Waals surface area contributed by atoms with Crippen LogP contribution in [0.3, 0.4) is 0 Å². The van der Waals surface area contributed by atoms with Crippen molar-refractivity contribution in [2.45, 2.75) is 44.9 Å². The number of β-lactam (4-membered cyclic amide) rings is 1. The van der Waals surface area contributed by atoms with Crippen LogP contribution in [-0.4, -0.2) is 22.1 Å². The van der Waals surface area contributed by atoms with Crippen molar-refractivity contribution in [2.75, 3.05) is 0 Å². The molecule has 0 spiro atoms. The van der Waals surface area contributed by atoms with Crippen LogP contribution < -0.4 is 0 Å². The minimum atomic E-state index is -4.48. The summed E-state index contributed by atoms with van der Waals surface area (Å²) in [6, 6.07) is 22.2. The number of allylic oxidation sites excluding steroid dienone is 1. The van der Waals surface area contributed by atoms with E-state index in [9.17, 15) is 22.8 Å². The van der Waals surface area contributed by atoms with Gasteiger partial charge in [0.2, 0.25) is 5.91 Å². The van der Waals surface area contributed by atoms with Gasteiger partial charge < -0.3 is 4.90 Å². The molecule has 1 heterocycles. The molecule has 1 saturated heterocycles. The molecule has 4 rings (SSSR count). The zero-order chi connectivity index (χ0) is 26.1. The maximum absolute atomic E-state index is 14.0. The SMILES string of the molecule is CC(C)(C)N1C(=O)[C@](C/C=C/c2ccccc2)(C(=O)c2ccccc2)[C@@H]1c1ccc(C(F)(F)F)cc1. The van der Waals surface area contributed by atoms with Crippen molar-refractivity contribution in [1.82, 2.24) is 4.90 Å². The highest BCUT2D eigenvalue weighted by molar-refractivity contribution is 6.18. The number of rotatable bonds is 6. The summed E-state index contributed by atoms with van der Waals surface area (Å²) in [5.41, 5.74) is -1.08. The van der Waals surface area contributed by atoms with Gasteiger partial charge in [-0.25, -0.2) is 0 Å². The Balaban J connectivity index is 1.84. The third-order valence-corrected chi connectivity index (χ3v) is 6.59. The lowest BCUT2D eigenvalue weighted by Crippen LogP contribution is -2.71. The number of carbonyl (C=O) groups is 2. The van der Waals surface area contributed by atoms with E-state index in [1.54, 1.807) is 35.2 Å². The van der Waals surface area contributed by atoms with Crippen LogP contribution in [0.2, 0.25) is 0 Å². The third-order valence-electron chi connectivity index (χ3n) is 6.59. The average molecular weight is 492 g/mol. The average Bonchev–Trinajstić information content (AvgIpc) is 2.84. The number of amides is 1. The largest absolute Gasteiger partial charge is 0.416 e. The van der Waals surface area contributed by atoms with E-state index in [0.29, 0.717) is 11.1 Å². The van der Waals surface area contributed by atoms with Crippen LogP contribution in [0.4, 0.5) is 13.2 Å². The lowest BCUT2D eigenvalue weighted by atomic mass is 9.60. The molecule has 3 nitrogen and oxygen atoms in total. The molecule has 186 valence electrons. The van der Waals surface area contributed by atoms with Crippen molar-refractivity contribution >= 4 is 17.8 Å². The molecular formula is C30H28F3NO2. The first kappa shape index (κ1) is 25.4. The lowest BCUT2D eigenvalue weighted by Gasteiger charge is -2.60. The van der Waals surface area contributed by atoms with Gasteiger partial charge in [-0.1, -0.05) is 84.9 Å². The van der Waals surface area contributed by atoms with Gasteiger partial charge in [0, 0.05) is 11.1 Å². The van der Waals surface area contributed by atoms with E-state index in [2.05, 4.69) is 0 Å². The van der Waals surface area contributed by atoms with Crippen LogP contribution in [0.15, 0.2) is 91.0 Å². The number of halogens is 3. The summed E-state index contributed by atoms with van der Waals surface area (Å²) < 4.78 is 39.7. The van der Waals surface area contributed by atoms with Gasteiger partial charge in [-0.05, 0) is 50.5 Å². The number of nitrogens with zero attached hydrogens (tertiary/aromatic N) is 1. The number of ketones is 1. The number of carbonyl (C=O) groups excluding carboxylic acids is 2. The minimum absolute atomic E-state index is 0.118. The Hall–Kier alpha value is -3.67. The Bertz CT molecular complexity index is 1260. The van der Waals surface area contributed by atoms with Crippen molar-refractivity contribution in [3.63, 3.8) is 0 Å². The van der Waals surface area contributed by atoms with Crippen LogP contribution in [0.25, 0.3) is 6.08 Å². The first-order valence-electron chi connectivity index (χ1n) is 11.8. The van der Waals surface area contributed by atoms with Crippen molar-refractivity contribution in [3.05, 3.63) is 113 Å². The fraction of sp³-hybridized carbons (Fsp3) is 0.267. The van der Waals surface area contributed by atoms with Gasteiger partial charge in [0.05, 0.1) is 11.6 Å². The van der Waals surface area contributed by atoms with Crippen LogP contribution >= 0.6 is 0 Å². The van der Waals surface area contributed by atoms with E-state index >= 15 is 0 Å². The monoisotopic (exact) mass is 491 g/mol. The smallest absolute Gasteiger partial charge is 0.328 e. The number of likely N-dealkylation sites (tertiary alicyclic amines) is 1. The van der Waals surface area contributed by atoms with Crippen LogP contribution in [0.5, 0.6) is 0 Å². The molecule has 0 aromatic heterocycles. The molecule has 36 heavy (non-hydrogen) atoms. The molecule has 3 aromatic carbocycles. The van der Waals surface area contributed by atoms with E-state index in [4.69, 9.17) is 0 Å². The predicted octanol–water partition coefficient (Wildman–Crippen LogP) is 7.36. The summed E-state index contributed by atoms with van der Waals surface area (Å²) in [6.07, 6.45) is -0.693. The van der Waals surface area contributed by atoms with Gasteiger partial charge in [-0.15, -0.1) is 0 Å². The van der Waals surface area contributed by atoms with E-state index in [1.165, 1.54) is 12.1 Å². The minimum Gasteiger partial charge on any atom is -0.328 e. The molecule has 3 aromatic rings. The van der Waals surface area contributed by atoms with E-state index in [1.807, 2.05) is 63.3 Å². The second kappa shape index (κ2) is 9.41. The summed E-state index contributed by atoms with van der Waals surface area (Å²) in [5, 5.41) is 0. The molecule has 1 fully saturated rings. The molecular weight excluding hydrogens is 463 g/mol. The highest BCUT2D eigenvalue weighted by Gasteiger charge is 2.67. The molecule has 1 aliphatic heterocycles. The topological polar surface area (TPSA) is 37.4 Å². The van der Waals surface area contributed by atoms with Crippen molar-refractivity contribution < 1.29 is 22.8 Å². The quantitative estimate of drug-likeness (QED) is 0.205. The molecule has 0 N–H and O–H groups in total. The van der Waals surface area contributed by atoms with Crippen LogP contribution in [0.1, 0.15) is 60.3 Å². The summed E-state index contributed by atoms with van der Waals surface area (Å²) in [7, 11) is 0. The molecule has 0 bridgehead atoms. The van der Waals surface area contributed by atoms with Crippen molar-refractivity contribution in [1.29, 1.82) is 0 Å². The Morgan fingerprint density at radius 1 is 0.889 bits per heavy atom. The summed E-state index contributed by atoms with van der Waals surface area (Å²) >= 11 is 0. The summed E-state index contributed by atoms with van der Waals surface area (Å²) in [5.74, 6) is -0.664. The molecule has 1 amide bonds. The maximum Gasteiger partial charge on any atom is 0.416 e. The first-order chi connectivity index (χ1) is 17.0. The van der Waals surface area contributed by atoms with Gasteiger partial charge in [0.15, 0.2) is 5.78 Å². The normalized spacial score (nSPS) is 20.4. The van der Waals surface area contributed by atoms with Crippen LogP contribution in [-0.2, 0) is 11.0 Å².